The molecule has 3 rings (SSSR count). The molecule has 0 bridgehead atoms. The number of ether oxygens (including phenoxy) is 2. The van der Waals surface area contributed by atoms with Crippen molar-refractivity contribution in [1.82, 2.24) is 4.90 Å². The highest BCUT2D eigenvalue weighted by Gasteiger charge is 2.45. The Morgan fingerprint density at radius 1 is 1.17 bits per heavy atom. The van der Waals surface area contributed by atoms with E-state index in [1.807, 2.05) is 6.92 Å². The molecule has 2 aromatic carbocycles. The predicted octanol–water partition coefficient (Wildman–Crippen LogP) is 4.20. The van der Waals surface area contributed by atoms with Crippen molar-refractivity contribution in [3.63, 3.8) is 0 Å². The van der Waals surface area contributed by atoms with Crippen molar-refractivity contribution in [2.45, 2.75) is 19.4 Å². The molecule has 1 saturated heterocycles. The van der Waals surface area contributed by atoms with Crippen LogP contribution in [0.25, 0.3) is 5.76 Å². The number of nitrogens with zero attached hydrogens (tertiary/aromatic N) is 1. The molecule has 1 fully saturated rings. The molecule has 1 N–H and O–H groups in total. The lowest BCUT2D eigenvalue weighted by atomic mass is 9.95. The van der Waals surface area contributed by atoms with Crippen LogP contribution in [-0.4, -0.2) is 48.6 Å². The number of hydrogen-bond donors (Lipinski definition) is 1. The molecule has 30 heavy (non-hydrogen) atoms. The summed E-state index contributed by atoms with van der Waals surface area (Å²) in [5.41, 5.74) is 1.15. The van der Waals surface area contributed by atoms with Crippen molar-refractivity contribution in [3.05, 3.63) is 70.3 Å². The fourth-order valence-corrected chi connectivity index (χ4v) is 3.64. The summed E-state index contributed by atoms with van der Waals surface area (Å²) >= 11 is 6.02. The molecule has 1 amide bonds. The van der Waals surface area contributed by atoms with Gasteiger partial charge in [0.15, 0.2) is 0 Å². The van der Waals surface area contributed by atoms with Crippen LogP contribution in [0.15, 0.2) is 54.1 Å². The number of aliphatic hydroxyl groups excluding tert-OH is 1. The Labute approximate surface area is 180 Å². The van der Waals surface area contributed by atoms with E-state index in [1.54, 1.807) is 48.5 Å². The molecule has 1 heterocycles. The first-order chi connectivity index (χ1) is 14.5. The third kappa shape index (κ3) is 4.50. The Balaban J connectivity index is 2.07. The van der Waals surface area contributed by atoms with Gasteiger partial charge in [0.1, 0.15) is 11.5 Å². The molecule has 158 valence electrons. The van der Waals surface area contributed by atoms with Crippen molar-refractivity contribution in [3.8, 4) is 5.75 Å². The monoisotopic (exact) mass is 429 g/mol. The van der Waals surface area contributed by atoms with Gasteiger partial charge in [0.25, 0.3) is 11.7 Å². The highest BCUT2D eigenvalue weighted by atomic mass is 35.5. The highest BCUT2D eigenvalue weighted by Crippen LogP contribution is 2.40. The number of hydrogen-bond acceptors (Lipinski definition) is 5. The Morgan fingerprint density at radius 2 is 1.90 bits per heavy atom. The maximum atomic E-state index is 12.9. The second-order valence-corrected chi connectivity index (χ2v) is 7.26. The minimum Gasteiger partial charge on any atom is -0.507 e. The van der Waals surface area contributed by atoms with Crippen molar-refractivity contribution in [2.24, 2.45) is 0 Å². The fraction of sp³-hybridized carbons (Fsp3) is 0.304. The average molecular weight is 430 g/mol. The standard InChI is InChI=1S/C23H24ClNO5/c1-3-30-13-5-12-25-20(15-8-10-17(24)11-9-15)19(22(27)23(25)28)21(26)16-6-4-7-18(14-16)29-2/h4,6-11,14,20,26H,3,5,12-13H2,1-2H3/t20-/m0/s1. The van der Waals surface area contributed by atoms with Crippen LogP contribution < -0.4 is 4.74 Å². The van der Waals surface area contributed by atoms with Gasteiger partial charge in [0.2, 0.25) is 0 Å². The van der Waals surface area contributed by atoms with Crippen LogP contribution in [0.4, 0.5) is 0 Å². The van der Waals surface area contributed by atoms with Crippen LogP contribution in [0.5, 0.6) is 5.75 Å². The highest BCUT2D eigenvalue weighted by molar-refractivity contribution is 6.46. The average Bonchev–Trinajstić information content (AvgIpc) is 3.01. The van der Waals surface area contributed by atoms with Gasteiger partial charge in [-0.2, -0.15) is 0 Å². The van der Waals surface area contributed by atoms with Crippen molar-refractivity contribution in [2.75, 3.05) is 26.9 Å². The van der Waals surface area contributed by atoms with E-state index >= 15 is 0 Å². The van der Waals surface area contributed by atoms with Gasteiger partial charge in [-0.3, -0.25) is 9.59 Å². The van der Waals surface area contributed by atoms with Gasteiger partial charge in [-0.15, -0.1) is 0 Å². The molecule has 0 saturated carbocycles. The Bertz CT molecular complexity index is 954. The van der Waals surface area contributed by atoms with Crippen molar-refractivity contribution in [1.29, 1.82) is 0 Å². The summed E-state index contributed by atoms with van der Waals surface area (Å²) in [5, 5.41) is 11.6. The van der Waals surface area contributed by atoms with E-state index in [2.05, 4.69) is 0 Å². The number of carbonyl (C=O) groups is 2. The van der Waals surface area contributed by atoms with Gasteiger partial charge in [0.05, 0.1) is 18.7 Å². The third-order valence-electron chi connectivity index (χ3n) is 4.96. The molecule has 0 spiro atoms. The van der Waals surface area contributed by atoms with Gasteiger partial charge in [-0.05, 0) is 43.2 Å². The van der Waals surface area contributed by atoms with E-state index < -0.39 is 17.7 Å². The first-order valence-corrected chi connectivity index (χ1v) is 10.1. The minimum atomic E-state index is -0.716. The summed E-state index contributed by atoms with van der Waals surface area (Å²) in [5.74, 6) is -1.06. The molecular weight excluding hydrogens is 406 g/mol. The second-order valence-electron chi connectivity index (χ2n) is 6.83. The van der Waals surface area contributed by atoms with Gasteiger partial charge >= 0.3 is 0 Å². The predicted molar refractivity (Wildman–Crippen MR) is 115 cm³/mol. The summed E-state index contributed by atoms with van der Waals surface area (Å²) in [7, 11) is 1.52. The number of methoxy groups -OCH3 is 1. The summed E-state index contributed by atoms with van der Waals surface area (Å²) in [6, 6.07) is 12.9. The van der Waals surface area contributed by atoms with E-state index in [9.17, 15) is 14.7 Å². The molecule has 6 nitrogen and oxygen atoms in total. The minimum absolute atomic E-state index is 0.0481. The third-order valence-corrected chi connectivity index (χ3v) is 5.21. The Morgan fingerprint density at radius 3 is 2.57 bits per heavy atom. The summed E-state index contributed by atoms with van der Waals surface area (Å²) < 4.78 is 10.6. The SMILES string of the molecule is CCOCCCN1C(=O)C(=O)C(=C(O)c2cccc(OC)c2)[C@@H]1c1ccc(Cl)cc1. The first-order valence-electron chi connectivity index (χ1n) is 9.74. The van der Waals surface area contributed by atoms with Gasteiger partial charge < -0.3 is 19.5 Å². The number of Topliss-reactive ketones (excluding diaryl/α,β-unsaturated/α-hetero) is 1. The molecular formula is C23H24ClNO5. The zero-order valence-corrected chi connectivity index (χ0v) is 17.7. The number of aliphatic hydroxyl groups is 1. The lowest BCUT2D eigenvalue weighted by Crippen LogP contribution is -2.31. The number of ketones is 1. The maximum absolute atomic E-state index is 12.9. The van der Waals surface area contributed by atoms with E-state index in [0.29, 0.717) is 48.1 Å². The first kappa shape index (κ1) is 21.9. The van der Waals surface area contributed by atoms with E-state index in [4.69, 9.17) is 21.1 Å². The number of likely N-dealkylation sites (tertiary alicyclic amines) is 1. The maximum Gasteiger partial charge on any atom is 0.295 e. The zero-order valence-electron chi connectivity index (χ0n) is 16.9. The topological polar surface area (TPSA) is 76.1 Å². The largest absolute Gasteiger partial charge is 0.507 e. The lowest BCUT2D eigenvalue weighted by Gasteiger charge is -2.25. The van der Waals surface area contributed by atoms with Crippen LogP contribution in [0.3, 0.4) is 0 Å². The number of halogens is 1. The van der Waals surface area contributed by atoms with Crippen LogP contribution >= 0.6 is 11.6 Å². The van der Waals surface area contributed by atoms with E-state index in [0.717, 1.165) is 0 Å². The second kappa shape index (κ2) is 9.78. The number of rotatable bonds is 8. The fourth-order valence-electron chi connectivity index (χ4n) is 3.51. The van der Waals surface area contributed by atoms with Crippen molar-refractivity contribution >= 4 is 29.1 Å². The van der Waals surface area contributed by atoms with E-state index in [-0.39, 0.29) is 11.3 Å². The molecule has 0 radical (unpaired) electrons. The van der Waals surface area contributed by atoms with Crippen LogP contribution in [0, 0.1) is 0 Å². The lowest BCUT2D eigenvalue weighted by molar-refractivity contribution is -0.140. The smallest absolute Gasteiger partial charge is 0.295 e. The number of amides is 1. The van der Waals surface area contributed by atoms with Gasteiger partial charge in [-0.1, -0.05) is 35.9 Å². The van der Waals surface area contributed by atoms with Gasteiger partial charge in [0, 0.05) is 30.3 Å². The molecule has 0 aromatic heterocycles. The number of carbonyl (C=O) groups excluding carboxylic acids is 2. The molecule has 0 unspecified atom stereocenters. The van der Waals surface area contributed by atoms with E-state index in [1.165, 1.54) is 12.0 Å². The number of benzene rings is 2. The van der Waals surface area contributed by atoms with Gasteiger partial charge in [-0.25, -0.2) is 0 Å². The Hall–Kier alpha value is -2.83. The van der Waals surface area contributed by atoms with Crippen molar-refractivity contribution < 1.29 is 24.2 Å². The van der Waals surface area contributed by atoms with Crippen LogP contribution in [0.2, 0.25) is 5.02 Å². The summed E-state index contributed by atoms with van der Waals surface area (Å²) in [4.78, 5) is 27.2. The van der Waals surface area contributed by atoms with Crippen LogP contribution in [0.1, 0.15) is 30.5 Å². The summed E-state index contributed by atoms with van der Waals surface area (Å²) in [6.45, 7) is 3.28. The van der Waals surface area contributed by atoms with Crippen LogP contribution in [-0.2, 0) is 14.3 Å². The normalized spacial score (nSPS) is 18.1. The molecule has 1 aliphatic rings. The molecule has 7 heteroatoms. The zero-order chi connectivity index (χ0) is 21.7. The molecule has 0 aliphatic carbocycles. The summed E-state index contributed by atoms with van der Waals surface area (Å²) in [6.07, 6.45) is 0.574. The molecule has 2 aromatic rings. The quantitative estimate of drug-likeness (QED) is 0.294. The molecule has 1 atom stereocenters. The Kier molecular flexibility index (Phi) is 7.13. The molecule has 1 aliphatic heterocycles.